The normalized spacial score (nSPS) is 23.2. The summed E-state index contributed by atoms with van der Waals surface area (Å²) in [5.74, 6) is 2.42. The van der Waals surface area contributed by atoms with Crippen LogP contribution in [0.3, 0.4) is 0 Å². The van der Waals surface area contributed by atoms with E-state index in [0.29, 0.717) is 22.1 Å². The van der Waals surface area contributed by atoms with Crippen molar-refractivity contribution >= 4 is 28.7 Å². The van der Waals surface area contributed by atoms with Crippen LogP contribution in [0.1, 0.15) is 32.6 Å². The molecule has 1 N–H and O–H groups in total. The monoisotopic (exact) mass is 434 g/mol. The summed E-state index contributed by atoms with van der Waals surface area (Å²) in [4.78, 5) is 34.8. The molecule has 5 rings (SSSR count). The van der Waals surface area contributed by atoms with Gasteiger partial charge in [0.05, 0.1) is 16.8 Å². The fraction of sp³-hybridized carbons (Fsp3) is 0.417. The molecule has 0 spiro atoms. The zero-order valence-corrected chi connectivity index (χ0v) is 18.3. The molecule has 31 heavy (non-hydrogen) atoms. The van der Waals surface area contributed by atoms with E-state index in [1.54, 1.807) is 22.9 Å². The molecule has 4 atom stereocenters. The zero-order valence-electron chi connectivity index (χ0n) is 17.5. The number of aromatic nitrogens is 3. The Morgan fingerprint density at radius 2 is 2.03 bits per heavy atom. The highest BCUT2D eigenvalue weighted by Crippen LogP contribution is 2.49. The number of fused-ring (bicyclic) bond motifs is 3. The Balaban J connectivity index is 1.36. The topological polar surface area (TPSA) is 76.9 Å². The minimum Gasteiger partial charge on any atom is -0.353 e. The molecule has 0 saturated heterocycles. The van der Waals surface area contributed by atoms with E-state index in [-0.39, 0.29) is 23.3 Å². The Hall–Kier alpha value is -2.67. The number of benzene rings is 1. The van der Waals surface area contributed by atoms with Crippen molar-refractivity contribution in [1.29, 1.82) is 0 Å². The number of para-hydroxylation sites is 1. The van der Waals surface area contributed by atoms with Crippen LogP contribution in [-0.2, 0) is 4.79 Å². The summed E-state index contributed by atoms with van der Waals surface area (Å²) in [5, 5.41) is 4.14. The minimum atomic E-state index is -0.178. The summed E-state index contributed by atoms with van der Waals surface area (Å²) < 4.78 is 1.57. The number of thioether (sulfide) groups is 1. The van der Waals surface area contributed by atoms with Gasteiger partial charge in [-0.15, -0.1) is 0 Å². The van der Waals surface area contributed by atoms with Gasteiger partial charge in [-0.1, -0.05) is 36.4 Å². The number of nitrogens with zero attached hydrogens (tertiary/aromatic N) is 3. The summed E-state index contributed by atoms with van der Waals surface area (Å²) in [7, 11) is 0. The average molecular weight is 435 g/mol. The molecule has 0 unspecified atom stereocenters. The van der Waals surface area contributed by atoms with Gasteiger partial charge >= 0.3 is 0 Å². The Kier molecular flexibility index (Phi) is 5.52. The smallest absolute Gasteiger partial charge is 0.268 e. The van der Waals surface area contributed by atoms with Gasteiger partial charge in [-0.25, -0.2) is 9.97 Å². The Labute approximate surface area is 185 Å². The number of amides is 1. The standard InChI is InChI=1S/C24H26N4O2S/c1-15(20-13-16-9-10-17(20)12-16)26-21(29)14-31-24-27-22-19(8-5-11-25-22)23(30)28(24)18-6-3-2-4-7-18/h2-8,11,15-17,20H,9-10,12-14H2,1H3,(H,26,29)/t15-,16-,17-,20+/m0/s1. The molecule has 7 heteroatoms. The second-order valence-corrected chi connectivity index (χ2v) is 9.67. The molecule has 1 amide bonds. The summed E-state index contributed by atoms with van der Waals surface area (Å²) in [6.07, 6.45) is 6.86. The molecule has 1 aromatic carbocycles. The van der Waals surface area contributed by atoms with Crippen LogP contribution < -0.4 is 10.9 Å². The number of carbonyl (C=O) groups excluding carboxylic acids is 1. The summed E-state index contributed by atoms with van der Waals surface area (Å²) in [5.41, 5.74) is 0.949. The molecule has 2 aliphatic carbocycles. The van der Waals surface area contributed by atoms with Gasteiger partial charge in [0.1, 0.15) is 0 Å². The molecule has 2 bridgehead atoms. The molecule has 6 nitrogen and oxygen atoms in total. The molecule has 0 radical (unpaired) electrons. The third-order valence-corrected chi connectivity index (χ3v) is 7.72. The van der Waals surface area contributed by atoms with Gasteiger partial charge in [0.15, 0.2) is 10.8 Å². The van der Waals surface area contributed by atoms with E-state index < -0.39 is 0 Å². The van der Waals surface area contributed by atoms with Gasteiger partial charge < -0.3 is 5.32 Å². The Morgan fingerprint density at radius 1 is 1.19 bits per heavy atom. The maximum Gasteiger partial charge on any atom is 0.268 e. The summed E-state index contributed by atoms with van der Waals surface area (Å²) in [6, 6.07) is 13.1. The van der Waals surface area contributed by atoms with Gasteiger partial charge in [-0.05, 0) is 68.2 Å². The number of rotatable bonds is 6. The van der Waals surface area contributed by atoms with Crippen molar-refractivity contribution < 1.29 is 4.79 Å². The Bertz CT molecular complexity index is 1160. The van der Waals surface area contributed by atoms with Crippen LogP contribution >= 0.6 is 11.8 Å². The molecule has 0 aliphatic heterocycles. The van der Waals surface area contributed by atoms with Crippen molar-refractivity contribution in [3.63, 3.8) is 0 Å². The molecule has 2 aliphatic rings. The van der Waals surface area contributed by atoms with Crippen molar-refractivity contribution in [1.82, 2.24) is 19.9 Å². The lowest BCUT2D eigenvalue weighted by molar-refractivity contribution is -0.119. The first kappa shape index (κ1) is 20.2. The van der Waals surface area contributed by atoms with Crippen molar-refractivity contribution in [2.45, 2.75) is 43.8 Å². The van der Waals surface area contributed by atoms with Gasteiger partial charge in [0, 0.05) is 12.2 Å². The third kappa shape index (κ3) is 3.99. The fourth-order valence-corrected chi connectivity index (χ4v) is 6.15. The van der Waals surface area contributed by atoms with Crippen LogP contribution in [0.5, 0.6) is 0 Å². The maximum atomic E-state index is 13.2. The number of carbonyl (C=O) groups is 1. The van der Waals surface area contributed by atoms with Crippen molar-refractivity contribution in [2.75, 3.05) is 5.75 Å². The lowest BCUT2D eigenvalue weighted by Gasteiger charge is -2.28. The van der Waals surface area contributed by atoms with Crippen LogP contribution in [-0.4, -0.2) is 32.2 Å². The van der Waals surface area contributed by atoms with Crippen LogP contribution in [0, 0.1) is 17.8 Å². The molecular weight excluding hydrogens is 408 g/mol. The number of hydrogen-bond donors (Lipinski definition) is 1. The predicted octanol–water partition coefficient (Wildman–Crippen LogP) is 3.81. The molecule has 160 valence electrons. The number of pyridine rings is 1. The SMILES string of the molecule is C[C@H](NC(=O)CSc1nc2ncccc2c(=O)n1-c1ccccc1)[C@H]1C[C@H]2CC[C@H]1C2. The second-order valence-electron chi connectivity index (χ2n) is 8.73. The van der Waals surface area contributed by atoms with Gasteiger partial charge in [-0.2, -0.15) is 0 Å². The quantitative estimate of drug-likeness (QED) is 0.472. The van der Waals surface area contributed by atoms with E-state index >= 15 is 0 Å². The second kappa shape index (κ2) is 8.46. The van der Waals surface area contributed by atoms with Gasteiger partial charge in [-0.3, -0.25) is 14.2 Å². The van der Waals surface area contributed by atoms with Crippen molar-refractivity contribution in [2.24, 2.45) is 17.8 Å². The van der Waals surface area contributed by atoms with E-state index in [2.05, 4.69) is 22.2 Å². The van der Waals surface area contributed by atoms with Crippen LogP contribution in [0.25, 0.3) is 16.7 Å². The van der Waals surface area contributed by atoms with Crippen molar-refractivity contribution in [3.8, 4) is 5.69 Å². The largest absolute Gasteiger partial charge is 0.353 e. The number of nitrogens with one attached hydrogen (secondary N) is 1. The lowest BCUT2D eigenvalue weighted by Crippen LogP contribution is -2.41. The minimum absolute atomic E-state index is 0.0183. The van der Waals surface area contributed by atoms with E-state index in [4.69, 9.17) is 0 Å². The van der Waals surface area contributed by atoms with Crippen molar-refractivity contribution in [3.05, 3.63) is 59.0 Å². The molecule has 2 aromatic heterocycles. The molecule has 2 saturated carbocycles. The van der Waals surface area contributed by atoms with E-state index in [9.17, 15) is 9.59 Å². The molecule has 2 fully saturated rings. The predicted molar refractivity (Wildman–Crippen MR) is 122 cm³/mol. The van der Waals surface area contributed by atoms with Crippen LogP contribution in [0.2, 0.25) is 0 Å². The molecular formula is C24H26N4O2S. The third-order valence-electron chi connectivity index (χ3n) is 6.78. The van der Waals surface area contributed by atoms with Crippen LogP contribution in [0.15, 0.2) is 58.6 Å². The van der Waals surface area contributed by atoms with Crippen LogP contribution in [0.4, 0.5) is 0 Å². The maximum absolute atomic E-state index is 13.2. The lowest BCUT2D eigenvalue weighted by atomic mass is 9.84. The number of hydrogen-bond acceptors (Lipinski definition) is 5. The van der Waals surface area contributed by atoms with Gasteiger partial charge in [0.2, 0.25) is 5.91 Å². The summed E-state index contributed by atoms with van der Waals surface area (Å²) >= 11 is 1.28. The highest BCUT2D eigenvalue weighted by molar-refractivity contribution is 7.99. The highest BCUT2D eigenvalue weighted by Gasteiger charge is 2.42. The van der Waals surface area contributed by atoms with Gasteiger partial charge in [0.25, 0.3) is 5.56 Å². The highest BCUT2D eigenvalue weighted by atomic mass is 32.2. The average Bonchev–Trinajstić information content (AvgIpc) is 3.42. The van der Waals surface area contributed by atoms with E-state index in [1.807, 2.05) is 30.3 Å². The summed E-state index contributed by atoms with van der Waals surface area (Å²) in [6.45, 7) is 2.13. The first-order valence-electron chi connectivity index (χ1n) is 11.0. The Morgan fingerprint density at radius 3 is 2.77 bits per heavy atom. The molecule has 3 aromatic rings. The first-order valence-corrected chi connectivity index (χ1v) is 11.9. The van der Waals surface area contributed by atoms with E-state index in [0.717, 1.165) is 17.5 Å². The fourth-order valence-electron chi connectivity index (χ4n) is 5.34. The zero-order chi connectivity index (χ0) is 21.4. The molecule has 2 heterocycles. The van der Waals surface area contributed by atoms with E-state index in [1.165, 1.54) is 37.4 Å². The first-order chi connectivity index (χ1) is 15.1.